The zero-order valence-electron chi connectivity index (χ0n) is 10.3. The SMILES string of the molecule is CC(C)(C)OC(=O)N1CCCC1[C@@H](S)C(=O)O. The predicted octanol–water partition coefficient (Wildman–Crippen LogP) is 1.77. The second kappa shape index (κ2) is 5.16. The van der Waals surface area contributed by atoms with Crippen LogP contribution in [0.4, 0.5) is 4.79 Å². The maximum atomic E-state index is 11.9. The molecule has 1 rings (SSSR count). The number of likely N-dealkylation sites (tertiary alicyclic amines) is 1. The summed E-state index contributed by atoms with van der Waals surface area (Å²) in [5.74, 6) is -1.01. The molecule has 0 radical (unpaired) electrons. The molecule has 1 unspecified atom stereocenters. The van der Waals surface area contributed by atoms with Gasteiger partial charge in [-0.3, -0.25) is 4.79 Å². The second-order valence-electron chi connectivity index (χ2n) is 5.17. The topological polar surface area (TPSA) is 66.8 Å². The normalized spacial score (nSPS) is 22.4. The first kappa shape index (κ1) is 14.2. The molecule has 6 heteroatoms. The maximum absolute atomic E-state index is 11.9. The van der Waals surface area contributed by atoms with Crippen LogP contribution in [-0.2, 0) is 9.53 Å². The van der Waals surface area contributed by atoms with Crippen LogP contribution in [-0.4, -0.2) is 45.5 Å². The molecule has 1 fully saturated rings. The number of rotatable bonds is 2. The first-order valence-electron chi connectivity index (χ1n) is 5.63. The zero-order chi connectivity index (χ0) is 13.2. The zero-order valence-corrected chi connectivity index (χ0v) is 11.2. The van der Waals surface area contributed by atoms with E-state index < -0.39 is 22.9 Å². The number of carbonyl (C=O) groups is 2. The van der Waals surface area contributed by atoms with Gasteiger partial charge in [0, 0.05) is 6.54 Å². The summed E-state index contributed by atoms with van der Waals surface area (Å²) in [6, 6.07) is -0.384. The fourth-order valence-electron chi connectivity index (χ4n) is 1.83. The second-order valence-corrected chi connectivity index (χ2v) is 5.72. The highest BCUT2D eigenvalue weighted by atomic mass is 32.1. The molecule has 1 amide bonds. The quantitative estimate of drug-likeness (QED) is 0.743. The number of aliphatic carboxylic acids is 1. The monoisotopic (exact) mass is 261 g/mol. The highest BCUT2D eigenvalue weighted by Crippen LogP contribution is 2.25. The Balaban J connectivity index is 2.69. The van der Waals surface area contributed by atoms with Gasteiger partial charge in [0.05, 0.1) is 6.04 Å². The Morgan fingerprint density at radius 2 is 2.06 bits per heavy atom. The summed E-state index contributed by atoms with van der Waals surface area (Å²) in [7, 11) is 0. The van der Waals surface area contributed by atoms with Crippen molar-refractivity contribution in [3.05, 3.63) is 0 Å². The van der Waals surface area contributed by atoms with Crippen LogP contribution in [0.15, 0.2) is 0 Å². The molecule has 1 N–H and O–H groups in total. The number of carbonyl (C=O) groups excluding carboxylic acids is 1. The van der Waals surface area contributed by atoms with Crippen LogP contribution >= 0.6 is 12.6 Å². The van der Waals surface area contributed by atoms with E-state index in [1.54, 1.807) is 20.8 Å². The van der Waals surface area contributed by atoms with Gasteiger partial charge in [-0.05, 0) is 33.6 Å². The predicted molar refractivity (Wildman–Crippen MR) is 66.4 cm³/mol. The average molecular weight is 261 g/mol. The van der Waals surface area contributed by atoms with Gasteiger partial charge in [0.1, 0.15) is 10.9 Å². The number of ether oxygens (including phenoxy) is 1. The van der Waals surface area contributed by atoms with Crippen LogP contribution in [0, 0.1) is 0 Å². The summed E-state index contributed by atoms with van der Waals surface area (Å²) in [4.78, 5) is 24.2. The minimum atomic E-state index is -1.01. The van der Waals surface area contributed by atoms with Gasteiger partial charge in [0.2, 0.25) is 0 Å². The van der Waals surface area contributed by atoms with Crippen molar-refractivity contribution in [3.63, 3.8) is 0 Å². The van der Waals surface area contributed by atoms with Crippen molar-refractivity contribution in [1.29, 1.82) is 0 Å². The summed E-state index contributed by atoms with van der Waals surface area (Å²) < 4.78 is 5.24. The maximum Gasteiger partial charge on any atom is 0.410 e. The smallest absolute Gasteiger partial charge is 0.410 e. The fourth-order valence-corrected chi connectivity index (χ4v) is 2.14. The third kappa shape index (κ3) is 3.80. The van der Waals surface area contributed by atoms with Crippen LogP contribution in [0.1, 0.15) is 33.6 Å². The Morgan fingerprint density at radius 1 is 1.47 bits per heavy atom. The van der Waals surface area contributed by atoms with Gasteiger partial charge in [0.25, 0.3) is 0 Å². The first-order chi connectivity index (χ1) is 7.72. The van der Waals surface area contributed by atoms with Crippen LogP contribution in [0.2, 0.25) is 0 Å². The van der Waals surface area contributed by atoms with Gasteiger partial charge in [-0.2, -0.15) is 12.6 Å². The van der Waals surface area contributed by atoms with Crippen molar-refractivity contribution in [2.45, 2.75) is 50.5 Å². The molecule has 17 heavy (non-hydrogen) atoms. The Hall–Kier alpha value is -0.910. The van der Waals surface area contributed by atoms with Crippen molar-refractivity contribution in [2.75, 3.05) is 6.54 Å². The number of carboxylic acids is 1. The van der Waals surface area contributed by atoms with Crippen LogP contribution < -0.4 is 0 Å². The molecule has 0 bridgehead atoms. The van der Waals surface area contributed by atoms with E-state index in [2.05, 4.69) is 12.6 Å². The van der Waals surface area contributed by atoms with Crippen molar-refractivity contribution < 1.29 is 19.4 Å². The molecule has 1 saturated heterocycles. The van der Waals surface area contributed by atoms with E-state index in [0.29, 0.717) is 13.0 Å². The Kier molecular flexibility index (Phi) is 4.30. The standard InChI is InChI=1S/C11H19NO4S/c1-11(2,3)16-10(15)12-6-4-5-7(12)8(17)9(13)14/h7-8,17H,4-6H2,1-3H3,(H,13,14)/t7?,8-/m1/s1. The molecule has 0 spiro atoms. The molecule has 5 nitrogen and oxygen atoms in total. The molecule has 98 valence electrons. The lowest BCUT2D eigenvalue weighted by atomic mass is 10.1. The number of amides is 1. The molecule has 1 aliphatic heterocycles. The van der Waals surface area contributed by atoms with Crippen molar-refractivity contribution in [1.82, 2.24) is 4.90 Å². The van der Waals surface area contributed by atoms with Gasteiger partial charge in [-0.1, -0.05) is 0 Å². The number of carboxylic acid groups (broad SMARTS) is 1. The summed E-state index contributed by atoms with van der Waals surface area (Å²) in [5, 5.41) is 8.06. The van der Waals surface area contributed by atoms with E-state index in [9.17, 15) is 9.59 Å². The molecule has 1 heterocycles. The van der Waals surface area contributed by atoms with Crippen LogP contribution in [0.5, 0.6) is 0 Å². The number of hydrogen-bond acceptors (Lipinski definition) is 4. The highest BCUT2D eigenvalue weighted by Gasteiger charge is 2.38. The molecule has 1 aliphatic rings. The minimum absolute atomic E-state index is 0.384. The first-order valence-corrected chi connectivity index (χ1v) is 6.14. The average Bonchev–Trinajstić information content (AvgIpc) is 2.61. The van der Waals surface area contributed by atoms with Crippen molar-refractivity contribution >= 4 is 24.7 Å². The summed E-state index contributed by atoms with van der Waals surface area (Å²) in [6.07, 6.45) is 0.980. The van der Waals surface area contributed by atoms with Crippen molar-refractivity contribution in [3.8, 4) is 0 Å². The largest absolute Gasteiger partial charge is 0.480 e. The fraction of sp³-hybridized carbons (Fsp3) is 0.818. The molecule has 0 saturated carbocycles. The van der Waals surface area contributed by atoms with Crippen LogP contribution in [0.25, 0.3) is 0 Å². The van der Waals surface area contributed by atoms with Crippen LogP contribution in [0.3, 0.4) is 0 Å². The third-order valence-corrected chi connectivity index (χ3v) is 3.11. The number of hydrogen-bond donors (Lipinski definition) is 2. The summed E-state index contributed by atoms with van der Waals surface area (Å²) in [5.41, 5.74) is -0.570. The van der Waals surface area contributed by atoms with Crippen molar-refractivity contribution in [2.24, 2.45) is 0 Å². The van der Waals surface area contributed by atoms with E-state index in [1.807, 2.05) is 0 Å². The van der Waals surface area contributed by atoms with Gasteiger partial charge in [-0.25, -0.2) is 4.79 Å². The molecular weight excluding hydrogens is 242 g/mol. The van der Waals surface area contributed by atoms with E-state index in [4.69, 9.17) is 9.84 Å². The van der Waals surface area contributed by atoms with E-state index >= 15 is 0 Å². The lowest BCUT2D eigenvalue weighted by Crippen LogP contribution is -2.45. The van der Waals surface area contributed by atoms with E-state index in [0.717, 1.165) is 6.42 Å². The Bertz CT molecular complexity index is 313. The molecule has 0 aromatic carbocycles. The molecule has 0 aromatic rings. The lowest BCUT2D eigenvalue weighted by molar-refractivity contribution is -0.137. The molecule has 0 aliphatic carbocycles. The Labute approximate surface area is 107 Å². The molecule has 0 aromatic heterocycles. The Morgan fingerprint density at radius 3 is 2.53 bits per heavy atom. The molecular formula is C11H19NO4S. The summed E-state index contributed by atoms with van der Waals surface area (Å²) >= 11 is 4.04. The highest BCUT2D eigenvalue weighted by molar-refractivity contribution is 7.81. The number of thiol groups is 1. The van der Waals surface area contributed by atoms with E-state index in [-0.39, 0.29) is 6.04 Å². The van der Waals surface area contributed by atoms with Gasteiger partial charge in [0.15, 0.2) is 0 Å². The lowest BCUT2D eigenvalue weighted by Gasteiger charge is -2.29. The summed E-state index contributed by atoms with van der Waals surface area (Å²) in [6.45, 7) is 5.88. The number of nitrogens with zero attached hydrogens (tertiary/aromatic N) is 1. The van der Waals surface area contributed by atoms with Gasteiger partial charge in [-0.15, -0.1) is 0 Å². The van der Waals surface area contributed by atoms with Gasteiger partial charge < -0.3 is 14.7 Å². The third-order valence-electron chi connectivity index (χ3n) is 2.54. The minimum Gasteiger partial charge on any atom is -0.480 e. The molecule has 2 atom stereocenters. The van der Waals surface area contributed by atoms with E-state index in [1.165, 1.54) is 4.90 Å². The van der Waals surface area contributed by atoms with Gasteiger partial charge >= 0.3 is 12.1 Å².